The number of aromatic nitrogens is 2. The van der Waals surface area contributed by atoms with Gasteiger partial charge in [0.25, 0.3) is 0 Å². The first kappa shape index (κ1) is 19.2. The number of para-hydroxylation sites is 1. The number of carbonyl (C=O) groups excluding carboxylic acids is 2. The number of ether oxygens (including phenoxy) is 1. The van der Waals surface area contributed by atoms with Crippen LogP contribution in [0.4, 0.5) is 5.69 Å². The van der Waals surface area contributed by atoms with E-state index in [0.717, 1.165) is 16.3 Å². The average molecular weight is 402 g/mol. The fourth-order valence-corrected chi connectivity index (χ4v) is 3.77. The third kappa shape index (κ3) is 5.70. The van der Waals surface area contributed by atoms with E-state index in [0.29, 0.717) is 16.4 Å². The number of nitrogens with zero attached hydrogens (tertiary/aromatic N) is 2. The molecule has 0 aliphatic rings. The summed E-state index contributed by atoms with van der Waals surface area (Å²) in [6.45, 7) is 3.93. The number of thiazole rings is 2. The molecule has 1 N–H and O–H groups in total. The van der Waals surface area contributed by atoms with Crippen molar-refractivity contribution in [2.75, 3.05) is 5.32 Å². The molecule has 2 aromatic heterocycles. The van der Waals surface area contributed by atoms with Crippen LogP contribution in [-0.4, -0.2) is 21.8 Å². The van der Waals surface area contributed by atoms with E-state index in [9.17, 15) is 9.59 Å². The van der Waals surface area contributed by atoms with E-state index in [2.05, 4.69) is 15.3 Å². The fraction of sp³-hybridized carbons (Fsp3) is 0.263. The lowest BCUT2D eigenvalue weighted by Crippen LogP contribution is -2.15. The van der Waals surface area contributed by atoms with Crippen LogP contribution in [0, 0.1) is 13.8 Å². The van der Waals surface area contributed by atoms with Gasteiger partial charge in [0, 0.05) is 16.4 Å². The van der Waals surface area contributed by atoms with Crippen molar-refractivity contribution in [3.63, 3.8) is 0 Å². The number of esters is 1. The smallest absolute Gasteiger partial charge is 0.312 e. The van der Waals surface area contributed by atoms with Crippen molar-refractivity contribution >= 4 is 40.2 Å². The highest BCUT2D eigenvalue weighted by Gasteiger charge is 2.12. The van der Waals surface area contributed by atoms with Crippen LogP contribution in [0.5, 0.6) is 0 Å². The molecule has 140 valence electrons. The van der Waals surface area contributed by atoms with Crippen LogP contribution in [0.3, 0.4) is 0 Å². The van der Waals surface area contributed by atoms with Crippen LogP contribution in [-0.2, 0) is 33.8 Å². The number of rotatable bonds is 7. The van der Waals surface area contributed by atoms with Crippen LogP contribution >= 0.6 is 22.7 Å². The largest absolute Gasteiger partial charge is 0.459 e. The Morgan fingerprint density at radius 1 is 1.04 bits per heavy atom. The van der Waals surface area contributed by atoms with E-state index in [1.807, 2.05) is 43.5 Å². The molecule has 0 radical (unpaired) electrons. The van der Waals surface area contributed by atoms with Crippen LogP contribution in [0.1, 0.15) is 27.0 Å². The minimum absolute atomic E-state index is 0.0951. The zero-order valence-electron chi connectivity index (χ0n) is 15.0. The van der Waals surface area contributed by atoms with Gasteiger partial charge in [-0.1, -0.05) is 18.2 Å². The number of hydrogen-bond donors (Lipinski definition) is 1. The molecular weight excluding hydrogens is 382 g/mol. The predicted molar refractivity (Wildman–Crippen MR) is 106 cm³/mol. The first-order chi connectivity index (χ1) is 13.0. The molecule has 0 aliphatic carbocycles. The number of carbonyl (C=O) groups is 2. The highest BCUT2D eigenvalue weighted by atomic mass is 32.1. The second kappa shape index (κ2) is 8.88. The molecule has 3 aromatic rings. The summed E-state index contributed by atoms with van der Waals surface area (Å²) in [6.07, 6.45) is 0.339. The van der Waals surface area contributed by atoms with Crippen LogP contribution in [0.25, 0.3) is 0 Å². The van der Waals surface area contributed by atoms with Gasteiger partial charge in [-0.3, -0.25) is 9.59 Å². The van der Waals surface area contributed by atoms with Gasteiger partial charge >= 0.3 is 5.97 Å². The van der Waals surface area contributed by atoms with E-state index < -0.39 is 0 Å². The average Bonchev–Trinajstić information content (AvgIpc) is 3.24. The van der Waals surface area contributed by atoms with E-state index in [1.165, 1.54) is 22.7 Å². The predicted octanol–water partition coefficient (Wildman–Crippen LogP) is 3.68. The summed E-state index contributed by atoms with van der Waals surface area (Å²) in [6, 6.07) is 7.61. The highest BCUT2D eigenvalue weighted by Crippen LogP contribution is 2.16. The van der Waals surface area contributed by atoms with E-state index in [1.54, 1.807) is 5.38 Å². The maximum Gasteiger partial charge on any atom is 0.312 e. The molecule has 8 heteroatoms. The van der Waals surface area contributed by atoms with E-state index >= 15 is 0 Å². The second-order valence-electron chi connectivity index (χ2n) is 5.97. The zero-order valence-corrected chi connectivity index (χ0v) is 16.7. The fourth-order valence-electron chi connectivity index (χ4n) is 2.38. The number of aryl methyl sites for hydroxylation is 2. The Kier molecular flexibility index (Phi) is 6.31. The zero-order chi connectivity index (χ0) is 19.2. The Balaban J connectivity index is 1.47. The van der Waals surface area contributed by atoms with Gasteiger partial charge in [0.1, 0.15) is 11.6 Å². The van der Waals surface area contributed by atoms with Crippen LogP contribution in [0.15, 0.2) is 35.0 Å². The normalized spacial score (nSPS) is 10.6. The molecule has 2 heterocycles. The first-order valence-electron chi connectivity index (χ1n) is 8.35. The van der Waals surface area contributed by atoms with Crippen molar-refractivity contribution in [3.05, 3.63) is 62.0 Å². The summed E-state index contributed by atoms with van der Waals surface area (Å²) in [4.78, 5) is 32.7. The quantitative estimate of drug-likeness (QED) is 0.611. The molecule has 0 spiro atoms. The number of hydrogen-bond acceptors (Lipinski definition) is 7. The lowest BCUT2D eigenvalue weighted by atomic mass is 10.2. The van der Waals surface area contributed by atoms with Gasteiger partial charge in [0.15, 0.2) is 0 Å². The summed E-state index contributed by atoms with van der Waals surface area (Å²) in [5.74, 6) is -0.465. The van der Waals surface area contributed by atoms with Crippen molar-refractivity contribution in [1.82, 2.24) is 9.97 Å². The molecule has 6 nitrogen and oxygen atoms in total. The highest BCUT2D eigenvalue weighted by molar-refractivity contribution is 7.10. The molecule has 0 saturated carbocycles. The first-order valence-corrected chi connectivity index (χ1v) is 10.1. The number of benzene rings is 1. The number of amides is 1. The van der Waals surface area contributed by atoms with Gasteiger partial charge in [0.2, 0.25) is 5.91 Å². The Hall–Kier alpha value is -2.58. The molecular formula is C19H19N3O3S2. The van der Waals surface area contributed by atoms with Crippen molar-refractivity contribution in [2.45, 2.75) is 33.3 Å². The van der Waals surface area contributed by atoms with E-state index in [-0.39, 0.29) is 31.3 Å². The molecule has 0 bridgehead atoms. The summed E-state index contributed by atoms with van der Waals surface area (Å²) in [7, 11) is 0. The van der Waals surface area contributed by atoms with Crippen LogP contribution < -0.4 is 5.32 Å². The molecule has 3 rings (SSSR count). The maximum absolute atomic E-state index is 12.2. The Labute approximate surface area is 165 Å². The van der Waals surface area contributed by atoms with Crippen molar-refractivity contribution < 1.29 is 14.3 Å². The molecule has 0 saturated heterocycles. The minimum Gasteiger partial charge on any atom is -0.459 e. The minimum atomic E-state index is -0.341. The Morgan fingerprint density at radius 3 is 2.56 bits per heavy atom. The third-order valence-corrected chi connectivity index (χ3v) is 5.42. The number of nitrogens with one attached hydrogen (secondary N) is 1. The Bertz CT molecular complexity index is 949. The monoisotopic (exact) mass is 401 g/mol. The Morgan fingerprint density at radius 2 is 1.81 bits per heavy atom. The van der Waals surface area contributed by atoms with Gasteiger partial charge in [-0.05, 0) is 25.5 Å². The topological polar surface area (TPSA) is 81.2 Å². The molecule has 0 unspecified atom stereocenters. The van der Waals surface area contributed by atoms with Crippen LogP contribution in [0.2, 0.25) is 0 Å². The summed E-state index contributed by atoms with van der Waals surface area (Å²) in [5, 5.41) is 8.14. The van der Waals surface area contributed by atoms with E-state index in [4.69, 9.17) is 4.74 Å². The molecule has 27 heavy (non-hydrogen) atoms. The van der Waals surface area contributed by atoms with Gasteiger partial charge in [0.05, 0.1) is 29.2 Å². The second-order valence-corrected chi connectivity index (χ2v) is 7.97. The summed E-state index contributed by atoms with van der Waals surface area (Å²) >= 11 is 2.88. The molecule has 0 fully saturated rings. The SMILES string of the molecule is Cc1nc(CC(=O)OCc2csc(CC(=O)Nc3ccccc3C)n2)cs1. The van der Waals surface area contributed by atoms with Gasteiger partial charge in [-0.2, -0.15) is 0 Å². The van der Waals surface area contributed by atoms with Crippen molar-refractivity contribution in [1.29, 1.82) is 0 Å². The van der Waals surface area contributed by atoms with Gasteiger partial charge in [-0.25, -0.2) is 9.97 Å². The summed E-state index contributed by atoms with van der Waals surface area (Å²) < 4.78 is 5.24. The van der Waals surface area contributed by atoms with Gasteiger partial charge in [-0.15, -0.1) is 22.7 Å². The lowest BCUT2D eigenvalue weighted by molar-refractivity contribution is -0.144. The molecule has 0 aliphatic heterocycles. The van der Waals surface area contributed by atoms with Crippen molar-refractivity contribution in [2.24, 2.45) is 0 Å². The number of anilines is 1. The van der Waals surface area contributed by atoms with Crippen molar-refractivity contribution in [3.8, 4) is 0 Å². The lowest BCUT2D eigenvalue weighted by Gasteiger charge is -2.06. The molecule has 0 atom stereocenters. The summed E-state index contributed by atoms with van der Waals surface area (Å²) in [5.41, 5.74) is 3.16. The standard InChI is InChI=1S/C19H19N3O3S2/c1-12-5-3-4-6-16(12)22-17(23)8-18-21-15(11-27-18)9-25-19(24)7-14-10-26-13(2)20-14/h3-6,10-11H,7-9H2,1-2H3,(H,22,23). The van der Waals surface area contributed by atoms with Gasteiger partial charge < -0.3 is 10.1 Å². The third-order valence-electron chi connectivity index (χ3n) is 3.70. The molecule has 1 aromatic carbocycles. The maximum atomic E-state index is 12.2. The molecule has 1 amide bonds.